The number of carbonyl (C=O) groups excluding carboxylic acids is 1. The summed E-state index contributed by atoms with van der Waals surface area (Å²) in [4.78, 5) is 14.4. The molecule has 0 amide bonds. The van der Waals surface area contributed by atoms with Gasteiger partial charge in [-0.15, -0.1) is 0 Å². The van der Waals surface area contributed by atoms with Gasteiger partial charge in [0.05, 0.1) is 18.2 Å². The Kier molecular flexibility index (Phi) is 4.34. The van der Waals surface area contributed by atoms with Crippen LogP contribution in [0, 0.1) is 23.2 Å². The van der Waals surface area contributed by atoms with Gasteiger partial charge in [-0.25, -0.2) is 0 Å². The van der Waals surface area contributed by atoms with E-state index in [0.29, 0.717) is 29.5 Å². The lowest BCUT2D eigenvalue weighted by atomic mass is 9.95. The van der Waals surface area contributed by atoms with Gasteiger partial charge in [-0.05, 0) is 36.9 Å². The van der Waals surface area contributed by atoms with Gasteiger partial charge in [0.25, 0.3) is 0 Å². The molecule has 100 valence electrons. The summed E-state index contributed by atoms with van der Waals surface area (Å²) in [5, 5.41) is 8.73. The molecule has 1 aliphatic rings. The molecule has 0 saturated carbocycles. The van der Waals surface area contributed by atoms with Crippen molar-refractivity contribution in [2.24, 2.45) is 11.8 Å². The Morgan fingerprint density at radius 1 is 1.42 bits per heavy atom. The minimum atomic E-state index is 0.147. The smallest absolute Gasteiger partial charge is 0.176 e. The van der Waals surface area contributed by atoms with Crippen LogP contribution in [-0.2, 0) is 0 Å². The molecule has 1 aromatic carbocycles. The third kappa shape index (κ3) is 3.42. The summed E-state index contributed by atoms with van der Waals surface area (Å²) in [6.45, 7) is 7.03. The summed E-state index contributed by atoms with van der Waals surface area (Å²) < 4.78 is 0. The van der Waals surface area contributed by atoms with E-state index >= 15 is 0 Å². The highest BCUT2D eigenvalue weighted by atomic mass is 16.1. The van der Waals surface area contributed by atoms with Crippen molar-refractivity contribution in [1.29, 1.82) is 5.26 Å². The third-order valence-corrected chi connectivity index (χ3v) is 3.95. The van der Waals surface area contributed by atoms with E-state index in [-0.39, 0.29) is 5.78 Å². The summed E-state index contributed by atoms with van der Waals surface area (Å²) in [6.07, 6.45) is 1.19. The lowest BCUT2D eigenvalue weighted by molar-refractivity contribution is 0.0942. The standard InChI is InChI=1S/C16H20N2O/c1-12(2)15-7-8-18(10-15)11-16(19)14-5-3-13(9-17)4-6-14/h3-6,12,15H,7-8,10-11H2,1-2H3. The highest BCUT2D eigenvalue weighted by Gasteiger charge is 2.26. The van der Waals surface area contributed by atoms with Crippen LogP contribution in [0.5, 0.6) is 0 Å². The number of hydrogen-bond acceptors (Lipinski definition) is 3. The number of Topliss-reactive ketones (excluding diaryl/α,β-unsaturated/α-hetero) is 1. The van der Waals surface area contributed by atoms with Crippen molar-refractivity contribution < 1.29 is 4.79 Å². The Labute approximate surface area is 114 Å². The molecular weight excluding hydrogens is 236 g/mol. The van der Waals surface area contributed by atoms with E-state index in [1.54, 1.807) is 24.3 Å². The van der Waals surface area contributed by atoms with Crippen LogP contribution in [0.3, 0.4) is 0 Å². The zero-order valence-electron chi connectivity index (χ0n) is 11.6. The van der Waals surface area contributed by atoms with Crippen LogP contribution in [-0.4, -0.2) is 30.3 Å². The molecule has 0 N–H and O–H groups in total. The third-order valence-electron chi connectivity index (χ3n) is 3.95. The lowest BCUT2D eigenvalue weighted by Gasteiger charge is -2.17. The highest BCUT2D eigenvalue weighted by Crippen LogP contribution is 2.23. The second-order valence-electron chi connectivity index (χ2n) is 5.64. The van der Waals surface area contributed by atoms with E-state index in [1.807, 2.05) is 0 Å². The van der Waals surface area contributed by atoms with Crippen LogP contribution in [0.2, 0.25) is 0 Å². The predicted octanol–water partition coefficient (Wildman–Crippen LogP) is 2.72. The van der Waals surface area contributed by atoms with Crippen LogP contribution in [0.15, 0.2) is 24.3 Å². The van der Waals surface area contributed by atoms with E-state index in [2.05, 4.69) is 24.8 Å². The molecule has 3 nitrogen and oxygen atoms in total. The van der Waals surface area contributed by atoms with Gasteiger partial charge in [0.2, 0.25) is 0 Å². The molecule has 2 rings (SSSR count). The maximum absolute atomic E-state index is 12.2. The van der Waals surface area contributed by atoms with E-state index in [0.717, 1.165) is 13.1 Å². The summed E-state index contributed by atoms with van der Waals surface area (Å²) >= 11 is 0. The zero-order chi connectivity index (χ0) is 13.8. The molecule has 0 spiro atoms. The van der Waals surface area contributed by atoms with E-state index in [1.165, 1.54) is 6.42 Å². The van der Waals surface area contributed by atoms with Gasteiger partial charge < -0.3 is 0 Å². The second-order valence-corrected chi connectivity index (χ2v) is 5.64. The Hall–Kier alpha value is -1.66. The number of ketones is 1. The fourth-order valence-corrected chi connectivity index (χ4v) is 2.58. The molecule has 0 aromatic heterocycles. The van der Waals surface area contributed by atoms with Gasteiger partial charge in [0.15, 0.2) is 5.78 Å². The Bertz CT molecular complexity index is 484. The van der Waals surface area contributed by atoms with Gasteiger partial charge in [-0.3, -0.25) is 9.69 Å². The zero-order valence-corrected chi connectivity index (χ0v) is 11.6. The molecule has 0 aliphatic carbocycles. The molecule has 1 aromatic rings. The van der Waals surface area contributed by atoms with E-state index < -0.39 is 0 Å². The number of likely N-dealkylation sites (tertiary alicyclic amines) is 1. The molecule has 3 heteroatoms. The maximum atomic E-state index is 12.2. The number of nitriles is 1. The average Bonchev–Trinajstić information content (AvgIpc) is 2.87. The summed E-state index contributed by atoms with van der Waals surface area (Å²) in [7, 11) is 0. The SMILES string of the molecule is CC(C)C1CCN(CC(=O)c2ccc(C#N)cc2)C1. The number of carbonyl (C=O) groups is 1. The van der Waals surface area contributed by atoms with Crippen molar-refractivity contribution in [2.75, 3.05) is 19.6 Å². The Balaban J connectivity index is 1.93. The van der Waals surface area contributed by atoms with E-state index in [4.69, 9.17) is 5.26 Å². The molecular formula is C16H20N2O. The highest BCUT2D eigenvalue weighted by molar-refractivity contribution is 5.97. The minimum Gasteiger partial charge on any atom is -0.296 e. The fraction of sp³-hybridized carbons (Fsp3) is 0.500. The quantitative estimate of drug-likeness (QED) is 0.778. The van der Waals surface area contributed by atoms with Crippen LogP contribution in [0.25, 0.3) is 0 Å². The average molecular weight is 256 g/mol. The Morgan fingerprint density at radius 3 is 2.63 bits per heavy atom. The first kappa shape index (κ1) is 13.8. The normalized spacial score (nSPS) is 19.6. The van der Waals surface area contributed by atoms with Crippen molar-refractivity contribution >= 4 is 5.78 Å². The molecule has 0 bridgehead atoms. The predicted molar refractivity (Wildman–Crippen MR) is 74.9 cm³/mol. The first-order valence-corrected chi connectivity index (χ1v) is 6.86. The van der Waals surface area contributed by atoms with E-state index in [9.17, 15) is 4.79 Å². The molecule has 1 aliphatic heterocycles. The number of rotatable bonds is 4. The second kappa shape index (κ2) is 5.99. The van der Waals surface area contributed by atoms with Gasteiger partial charge in [0.1, 0.15) is 0 Å². The lowest BCUT2D eigenvalue weighted by Crippen LogP contribution is -2.28. The van der Waals surface area contributed by atoms with Crippen molar-refractivity contribution in [3.63, 3.8) is 0 Å². The van der Waals surface area contributed by atoms with Crippen LogP contribution in [0.4, 0.5) is 0 Å². The molecule has 0 radical (unpaired) electrons. The first-order valence-electron chi connectivity index (χ1n) is 6.86. The van der Waals surface area contributed by atoms with Crippen LogP contribution >= 0.6 is 0 Å². The molecule has 19 heavy (non-hydrogen) atoms. The van der Waals surface area contributed by atoms with Gasteiger partial charge in [-0.2, -0.15) is 5.26 Å². The molecule has 1 saturated heterocycles. The van der Waals surface area contributed by atoms with Gasteiger partial charge in [-0.1, -0.05) is 26.0 Å². The monoisotopic (exact) mass is 256 g/mol. The Morgan fingerprint density at radius 2 is 2.11 bits per heavy atom. The number of hydrogen-bond donors (Lipinski definition) is 0. The number of benzene rings is 1. The largest absolute Gasteiger partial charge is 0.296 e. The summed E-state index contributed by atoms with van der Waals surface area (Å²) in [5.74, 6) is 1.55. The topological polar surface area (TPSA) is 44.1 Å². The van der Waals surface area contributed by atoms with Crippen LogP contribution < -0.4 is 0 Å². The van der Waals surface area contributed by atoms with Crippen molar-refractivity contribution in [2.45, 2.75) is 20.3 Å². The molecule has 1 atom stereocenters. The van der Waals surface area contributed by atoms with Crippen molar-refractivity contribution in [3.05, 3.63) is 35.4 Å². The van der Waals surface area contributed by atoms with Crippen LogP contribution in [0.1, 0.15) is 36.2 Å². The van der Waals surface area contributed by atoms with Crippen molar-refractivity contribution in [1.82, 2.24) is 4.90 Å². The maximum Gasteiger partial charge on any atom is 0.176 e. The first-order chi connectivity index (χ1) is 9.10. The van der Waals surface area contributed by atoms with Crippen molar-refractivity contribution in [3.8, 4) is 6.07 Å². The summed E-state index contributed by atoms with van der Waals surface area (Å²) in [6, 6.07) is 8.96. The number of nitrogens with zero attached hydrogens (tertiary/aromatic N) is 2. The molecule has 1 fully saturated rings. The fourth-order valence-electron chi connectivity index (χ4n) is 2.58. The van der Waals surface area contributed by atoms with Gasteiger partial charge >= 0.3 is 0 Å². The van der Waals surface area contributed by atoms with Gasteiger partial charge in [0, 0.05) is 12.1 Å². The summed E-state index contributed by atoms with van der Waals surface area (Å²) in [5.41, 5.74) is 1.30. The minimum absolute atomic E-state index is 0.147. The molecule has 1 unspecified atom stereocenters. The molecule has 1 heterocycles.